The zero-order valence-corrected chi connectivity index (χ0v) is 21.7. The Balaban J connectivity index is 1.76. The van der Waals surface area contributed by atoms with Crippen molar-refractivity contribution in [1.82, 2.24) is 29.9 Å². The third-order valence-corrected chi connectivity index (χ3v) is 6.23. The van der Waals surface area contributed by atoms with Crippen LogP contribution in [0.15, 0.2) is 36.7 Å². The normalized spacial score (nSPS) is 11.3. The summed E-state index contributed by atoms with van der Waals surface area (Å²) >= 11 is 0. The minimum Gasteiger partial charge on any atom is -0.256 e. The third-order valence-electron chi connectivity index (χ3n) is 6.23. The quantitative estimate of drug-likeness (QED) is 0.272. The van der Waals surface area contributed by atoms with E-state index < -0.39 is 0 Å². The van der Waals surface area contributed by atoms with Crippen LogP contribution in [0.3, 0.4) is 0 Å². The Morgan fingerprint density at radius 2 is 0.795 bits per heavy atom. The topological polar surface area (TPSA) is 268 Å². The molecule has 0 aliphatic rings. The third kappa shape index (κ3) is 4.53. The zero-order chi connectivity index (χ0) is 31.4. The molecule has 0 unspecified atom stereocenters. The van der Waals surface area contributed by atoms with Crippen molar-refractivity contribution in [3.8, 4) is 48.6 Å². The van der Waals surface area contributed by atoms with Gasteiger partial charge in [-0.15, -0.1) is 0 Å². The molecule has 4 aromatic heterocycles. The average molecular weight is 562 g/mol. The van der Waals surface area contributed by atoms with E-state index in [1.807, 2.05) is 12.1 Å². The molecule has 0 aliphatic heterocycles. The number of benzene rings is 1. The summed E-state index contributed by atoms with van der Waals surface area (Å²) in [6, 6.07) is 21.1. The average Bonchev–Trinajstić information content (AvgIpc) is 3.07. The molecular weight excluding hydrogens is 556 g/mol. The lowest BCUT2D eigenvalue weighted by Crippen LogP contribution is -2.13. The van der Waals surface area contributed by atoms with Crippen molar-refractivity contribution < 1.29 is 0 Å². The van der Waals surface area contributed by atoms with Crippen molar-refractivity contribution in [2.45, 2.75) is 0 Å². The van der Waals surface area contributed by atoms with Crippen molar-refractivity contribution in [2.24, 2.45) is 0 Å². The largest absolute Gasteiger partial charge is 0.256 e. The molecule has 0 saturated carbocycles. The second-order valence-electron chi connectivity index (χ2n) is 8.57. The monoisotopic (exact) mass is 562 g/mol. The number of fused-ring (bicyclic) bond motifs is 2. The first-order valence-electron chi connectivity index (χ1n) is 11.9. The molecule has 14 heteroatoms. The molecule has 196 valence electrons. The lowest BCUT2D eigenvalue weighted by Gasteiger charge is -2.07. The van der Waals surface area contributed by atoms with Gasteiger partial charge in [0.05, 0.1) is 33.3 Å². The van der Waals surface area contributed by atoms with Gasteiger partial charge in [0.1, 0.15) is 48.6 Å². The summed E-state index contributed by atoms with van der Waals surface area (Å²) in [7, 11) is 0. The van der Waals surface area contributed by atoms with Crippen LogP contribution in [0, 0.1) is 90.6 Å². The first-order chi connectivity index (χ1) is 21.4. The summed E-state index contributed by atoms with van der Waals surface area (Å²) in [6.07, 6.45) is 2.73. The van der Waals surface area contributed by atoms with E-state index in [4.69, 9.17) is 10.5 Å². The van der Waals surface area contributed by atoms with Crippen LogP contribution in [0.5, 0.6) is 0 Å². The van der Waals surface area contributed by atoms with E-state index in [0.717, 1.165) is 0 Å². The molecule has 0 amide bonds. The maximum absolute atomic E-state index is 9.99. The second kappa shape index (κ2) is 11.2. The number of nitriles is 8. The van der Waals surface area contributed by atoms with Gasteiger partial charge in [0.15, 0.2) is 22.8 Å². The fourth-order valence-electron chi connectivity index (χ4n) is 4.37. The molecule has 0 radical (unpaired) electrons. The van der Waals surface area contributed by atoms with Crippen LogP contribution >= 0.6 is 0 Å². The summed E-state index contributed by atoms with van der Waals surface area (Å²) in [4.78, 5) is 24.2. The Morgan fingerprint density at radius 3 is 1.07 bits per heavy atom. The number of rotatable bonds is 2. The number of pyridine rings is 2. The molecule has 0 bridgehead atoms. The highest BCUT2D eigenvalue weighted by molar-refractivity contribution is 5.95. The molecule has 4 heterocycles. The van der Waals surface area contributed by atoms with Crippen molar-refractivity contribution in [1.29, 1.82) is 42.1 Å². The van der Waals surface area contributed by atoms with Crippen LogP contribution in [0.25, 0.3) is 33.0 Å². The van der Waals surface area contributed by atoms with Gasteiger partial charge in [-0.25, -0.2) is 19.9 Å². The van der Waals surface area contributed by atoms with Crippen LogP contribution in [0.2, 0.25) is 0 Å². The molecular formula is C30H6N14. The molecule has 0 aliphatic carbocycles. The molecule has 44 heavy (non-hydrogen) atoms. The highest BCUT2D eigenvalue weighted by atomic mass is 14.9. The van der Waals surface area contributed by atoms with E-state index in [1.54, 1.807) is 60.7 Å². The zero-order valence-electron chi connectivity index (χ0n) is 21.7. The Kier molecular flexibility index (Phi) is 6.95. The Bertz CT molecular complexity index is 2350. The van der Waals surface area contributed by atoms with Crippen LogP contribution in [-0.4, -0.2) is 29.9 Å². The van der Waals surface area contributed by atoms with Crippen molar-refractivity contribution in [3.05, 3.63) is 92.6 Å². The van der Waals surface area contributed by atoms with Gasteiger partial charge in [0.25, 0.3) is 0 Å². The Hall–Kier alpha value is -8.14. The maximum Gasteiger partial charge on any atom is 0.234 e. The molecule has 1 aromatic carbocycles. The van der Waals surface area contributed by atoms with E-state index in [2.05, 4.69) is 29.9 Å². The molecule has 0 N–H and O–H groups in total. The molecule has 0 saturated heterocycles. The highest BCUT2D eigenvalue weighted by Crippen LogP contribution is 2.22. The Labute approximate surface area is 246 Å². The van der Waals surface area contributed by atoms with Crippen LogP contribution in [-0.2, 0) is 0 Å². The van der Waals surface area contributed by atoms with E-state index >= 15 is 0 Å². The van der Waals surface area contributed by atoms with Gasteiger partial charge < -0.3 is 0 Å². The highest BCUT2D eigenvalue weighted by Gasteiger charge is 2.21. The van der Waals surface area contributed by atoms with E-state index in [9.17, 15) is 31.6 Å². The first kappa shape index (κ1) is 27.4. The van der Waals surface area contributed by atoms with Gasteiger partial charge in [-0.3, -0.25) is 9.97 Å². The number of nitrogens with zero attached hydrogens (tertiary/aromatic N) is 14. The van der Waals surface area contributed by atoms with Crippen LogP contribution < -0.4 is 10.4 Å². The van der Waals surface area contributed by atoms with Gasteiger partial charge >= 0.3 is 0 Å². The summed E-state index contributed by atoms with van der Waals surface area (Å²) in [5, 5.41) is 78.2. The second-order valence-corrected chi connectivity index (χ2v) is 8.57. The summed E-state index contributed by atoms with van der Waals surface area (Å²) < 4.78 is 0. The van der Waals surface area contributed by atoms with Crippen molar-refractivity contribution in [2.75, 3.05) is 0 Å². The van der Waals surface area contributed by atoms with Crippen LogP contribution in [0.4, 0.5) is 0 Å². The predicted molar refractivity (Wildman–Crippen MR) is 145 cm³/mol. The smallest absolute Gasteiger partial charge is 0.234 e. The molecule has 14 nitrogen and oxygen atoms in total. The molecule has 0 fully saturated rings. The number of hydrogen-bond donors (Lipinski definition) is 0. The lowest BCUT2D eigenvalue weighted by molar-refractivity contribution is 1.06. The van der Waals surface area contributed by atoms with Gasteiger partial charge in [0, 0.05) is 33.6 Å². The SMILES string of the molecule is N#C/C(c1c(C#N)nc(C#N)nc1C#N)=c1/cnc2cc3c/c(=C(\C#N)c4c(C#N)nc(C#N)nc4C#N)cnc3cc2c1. The summed E-state index contributed by atoms with van der Waals surface area (Å²) in [5.41, 5.74) is -0.762. The number of aromatic nitrogens is 6. The van der Waals surface area contributed by atoms with Crippen LogP contribution in [0.1, 0.15) is 45.6 Å². The summed E-state index contributed by atoms with van der Waals surface area (Å²) in [5.74, 6) is -0.771. The maximum atomic E-state index is 9.99. The molecule has 0 atom stereocenters. The van der Waals surface area contributed by atoms with E-state index in [0.29, 0.717) is 21.8 Å². The minimum atomic E-state index is -0.385. The first-order valence-corrected chi connectivity index (χ1v) is 11.9. The number of hydrogen-bond acceptors (Lipinski definition) is 14. The minimum absolute atomic E-state index is 0.0973. The van der Waals surface area contributed by atoms with Crippen molar-refractivity contribution in [3.63, 3.8) is 0 Å². The van der Waals surface area contributed by atoms with Gasteiger partial charge in [-0.05, 0) is 24.3 Å². The standard InChI is InChI=1S/C30H6N14/c31-5-19(29-23(7-33)41-27(11-37)42-24(29)8-34)17-1-15-3-22-16(4-21(15)39-13-17)2-18(14-40-22)20(6-32)30-25(9-35)43-28(12-38)44-26(30)10-36/h1-4,13-14H/b19-17-,20-18-. The fraction of sp³-hybridized carbons (Fsp3) is 0. The molecule has 5 aromatic rings. The molecule has 0 spiro atoms. The lowest BCUT2D eigenvalue weighted by atomic mass is 9.99. The predicted octanol–water partition coefficient (Wildman–Crippen LogP) is 1.04. The fourth-order valence-corrected chi connectivity index (χ4v) is 4.37. The summed E-state index contributed by atoms with van der Waals surface area (Å²) in [6.45, 7) is 0. The van der Waals surface area contributed by atoms with E-state index in [1.165, 1.54) is 12.4 Å². The Morgan fingerprint density at radius 1 is 0.455 bits per heavy atom. The van der Waals surface area contributed by atoms with Gasteiger partial charge in [-0.1, -0.05) is 0 Å². The van der Waals surface area contributed by atoms with Gasteiger partial charge in [-0.2, -0.15) is 42.1 Å². The van der Waals surface area contributed by atoms with E-state index in [-0.39, 0.29) is 67.1 Å². The molecule has 5 rings (SSSR count). The van der Waals surface area contributed by atoms with Gasteiger partial charge in [0.2, 0.25) is 11.6 Å². The van der Waals surface area contributed by atoms with Crippen molar-refractivity contribution >= 4 is 33.0 Å².